The van der Waals surface area contributed by atoms with Crippen molar-refractivity contribution in [3.63, 3.8) is 0 Å². The van der Waals surface area contributed by atoms with E-state index in [9.17, 15) is 9.59 Å². The summed E-state index contributed by atoms with van der Waals surface area (Å²) < 4.78 is 16.5. The fourth-order valence-electron chi connectivity index (χ4n) is 3.12. The first-order chi connectivity index (χ1) is 14.5. The first-order valence-corrected chi connectivity index (χ1v) is 9.80. The lowest BCUT2D eigenvalue weighted by Gasteiger charge is -2.21. The van der Waals surface area contributed by atoms with Crippen molar-refractivity contribution in [2.75, 3.05) is 39.2 Å². The number of hydrogen-bond acceptors (Lipinski definition) is 5. The van der Waals surface area contributed by atoms with Crippen LogP contribution in [0.5, 0.6) is 17.2 Å². The number of aryl methyl sites for hydroxylation is 1. The van der Waals surface area contributed by atoms with Crippen LogP contribution in [0.15, 0.2) is 42.5 Å². The lowest BCUT2D eigenvalue weighted by molar-refractivity contribution is -0.129. The number of methoxy groups -OCH3 is 1. The Hall–Kier alpha value is -3.48. The van der Waals surface area contributed by atoms with E-state index in [0.29, 0.717) is 30.5 Å². The Morgan fingerprint density at radius 2 is 1.97 bits per heavy atom. The van der Waals surface area contributed by atoms with Crippen LogP contribution in [-0.4, -0.2) is 50.6 Å². The molecule has 2 amide bonds. The maximum absolute atomic E-state index is 12.4. The van der Waals surface area contributed by atoms with Gasteiger partial charge in [-0.15, -0.1) is 0 Å². The fourth-order valence-corrected chi connectivity index (χ4v) is 3.12. The second-order valence-corrected chi connectivity index (χ2v) is 6.83. The summed E-state index contributed by atoms with van der Waals surface area (Å²) in [7, 11) is 3.14. The topological polar surface area (TPSA) is 77.1 Å². The van der Waals surface area contributed by atoms with E-state index in [1.165, 1.54) is 11.0 Å². The van der Waals surface area contributed by atoms with E-state index in [4.69, 9.17) is 14.2 Å². The SMILES string of the molecule is CCc1ccccc1NC(=O)CN(C)C(=O)/C=C/c1cc(OC)c2c(c1)OCCO2. The molecule has 0 fully saturated rings. The van der Waals surface area contributed by atoms with Gasteiger partial charge in [-0.3, -0.25) is 9.59 Å². The van der Waals surface area contributed by atoms with Crippen molar-refractivity contribution in [1.82, 2.24) is 4.90 Å². The number of carbonyl (C=O) groups is 2. The lowest BCUT2D eigenvalue weighted by atomic mass is 10.1. The van der Waals surface area contributed by atoms with Crippen molar-refractivity contribution in [2.45, 2.75) is 13.3 Å². The van der Waals surface area contributed by atoms with Crippen LogP contribution in [-0.2, 0) is 16.0 Å². The molecule has 0 aliphatic carbocycles. The molecule has 0 saturated carbocycles. The highest BCUT2D eigenvalue weighted by Gasteiger charge is 2.18. The van der Waals surface area contributed by atoms with Crippen LogP contribution in [0.2, 0.25) is 0 Å². The van der Waals surface area contributed by atoms with Gasteiger partial charge in [0.25, 0.3) is 0 Å². The van der Waals surface area contributed by atoms with Crippen molar-refractivity contribution >= 4 is 23.6 Å². The van der Waals surface area contributed by atoms with Gasteiger partial charge < -0.3 is 24.4 Å². The third-order valence-corrected chi connectivity index (χ3v) is 4.70. The molecule has 0 aromatic heterocycles. The van der Waals surface area contributed by atoms with Gasteiger partial charge in [0.15, 0.2) is 11.5 Å². The number of ether oxygens (including phenoxy) is 3. The standard InChI is InChI=1S/C23H26N2O5/c1-4-17-7-5-6-8-18(17)24-21(26)15-25(2)22(27)10-9-16-13-19(28-3)23-20(14-16)29-11-12-30-23/h5-10,13-14H,4,11-12,15H2,1-3H3,(H,24,26)/b10-9+. The average molecular weight is 410 g/mol. The smallest absolute Gasteiger partial charge is 0.246 e. The molecule has 30 heavy (non-hydrogen) atoms. The minimum atomic E-state index is -0.289. The molecule has 3 rings (SSSR count). The number of anilines is 1. The van der Waals surface area contributed by atoms with Gasteiger partial charge in [0.1, 0.15) is 13.2 Å². The van der Waals surface area contributed by atoms with Crippen LogP contribution in [0.1, 0.15) is 18.1 Å². The van der Waals surface area contributed by atoms with E-state index >= 15 is 0 Å². The number of rotatable bonds is 7. The zero-order valence-corrected chi connectivity index (χ0v) is 17.4. The number of carbonyl (C=O) groups excluding carboxylic acids is 2. The molecule has 1 aliphatic heterocycles. The van der Waals surface area contributed by atoms with Gasteiger partial charge in [0.2, 0.25) is 17.6 Å². The maximum atomic E-state index is 12.4. The highest BCUT2D eigenvalue weighted by atomic mass is 16.6. The molecular formula is C23H26N2O5. The molecule has 0 radical (unpaired) electrons. The minimum Gasteiger partial charge on any atom is -0.493 e. The molecule has 0 bridgehead atoms. The van der Waals surface area contributed by atoms with E-state index < -0.39 is 0 Å². The second-order valence-electron chi connectivity index (χ2n) is 6.83. The predicted octanol–water partition coefficient (Wildman–Crippen LogP) is 3.14. The lowest BCUT2D eigenvalue weighted by Crippen LogP contribution is -2.34. The van der Waals surface area contributed by atoms with E-state index in [-0.39, 0.29) is 18.4 Å². The third-order valence-electron chi connectivity index (χ3n) is 4.70. The molecule has 0 saturated heterocycles. The third kappa shape index (κ3) is 5.11. The molecule has 2 aromatic rings. The summed E-state index contributed by atoms with van der Waals surface area (Å²) >= 11 is 0. The second kappa shape index (κ2) is 9.82. The number of benzene rings is 2. The van der Waals surface area contributed by atoms with Gasteiger partial charge >= 0.3 is 0 Å². The van der Waals surface area contributed by atoms with Gasteiger partial charge in [-0.25, -0.2) is 0 Å². The van der Waals surface area contributed by atoms with Gasteiger partial charge in [-0.05, 0) is 41.8 Å². The molecule has 1 aliphatic rings. The molecule has 0 spiro atoms. The molecule has 0 unspecified atom stereocenters. The summed E-state index contributed by atoms with van der Waals surface area (Å²) in [6, 6.07) is 11.2. The number of likely N-dealkylation sites (N-methyl/N-ethyl adjacent to an activating group) is 1. The fraction of sp³-hybridized carbons (Fsp3) is 0.304. The molecule has 158 valence electrons. The minimum absolute atomic E-state index is 0.0499. The van der Waals surface area contributed by atoms with Crippen molar-refractivity contribution in [3.05, 3.63) is 53.6 Å². The number of fused-ring (bicyclic) bond motifs is 1. The van der Waals surface area contributed by atoms with Crippen LogP contribution < -0.4 is 19.5 Å². The maximum Gasteiger partial charge on any atom is 0.246 e. The Morgan fingerprint density at radius 3 is 2.73 bits per heavy atom. The van der Waals surface area contributed by atoms with E-state index in [0.717, 1.165) is 23.2 Å². The van der Waals surface area contributed by atoms with E-state index in [1.807, 2.05) is 31.2 Å². The highest BCUT2D eigenvalue weighted by Crippen LogP contribution is 2.40. The van der Waals surface area contributed by atoms with Crippen LogP contribution in [0, 0.1) is 0 Å². The molecule has 7 heteroatoms. The highest BCUT2D eigenvalue weighted by molar-refractivity contribution is 5.98. The van der Waals surface area contributed by atoms with Crippen LogP contribution in [0.3, 0.4) is 0 Å². The zero-order chi connectivity index (χ0) is 21.5. The molecule has 1 heterocycles. The Kier molecular flexibility index (Phi) is 6.95. The Morgan fingerprint density at radius 1 is 1.20 bits per heavy atom. The number of para-hydroxylation sites is 1. The van der Waals surface area contributed by atoms with Gasteiger partial charge in [0, 0.05) is 18.8 Å². The summed E-state index contributed by atoms with van der Waals surface area (Å²) in [5.41, 5.74) is 2.55. The number of hydrogen-bond donors (Lipinski definition) is 1. The van der Waals surface area contributed by atoms with Crippen molar-refractivity contribution in [2.24, 2.45) is 0 Å². The molecule has 2 aromatic carbocycles. The summed E-state index contributed by atoms with van der Waals surface area (Å²) in [6.45, 7) is 2.90. The van der Waals surface area contributed by atoms with Crippen LogP contribution >= 0.6 is 0 Å². The van der Waals surface area contributed by atoms with Crippen LogP contribution in [0.4, 0.5) is 5.69 Å². The summed E-state index contributed by atoms with van der Waals surface area (Å²) in [6.07, 6.45) is 3.88. The molecule has 0 atom stereocenters. The zero-order valence-electron chi connectivity index (χ0n) is 17.4. The van der Waals surface area contributed by atoms with Gasteiger partial charge in [-0.2, -0.15) is 0 Å². The predicted molar refractivity (Wildman–Crippen MR) is 115 cm³/mol. The Labute approximate surface area is 176 Å². The van der Waals surface area contributed by atoms with Gasteiger partial charge in [-0.1, -0.05) is 25.1 Å². The molecule has 7 nitrogen and oxygen atoms in total. The van der Waals surface area contributed by atoms with Gasteiger partial charge in [0.05, 0.1) is 13.7 Å². The monoisotopic (exact) mass is 410 g/mol. The Balaban J connectivity index is 1.62. The van der Waals surface area contributed by atoms with Crippen molar-refractivity contribution in [3.8, 4) is 17.2 Å². The summed E-state index contributed by atoms with van der Waals surface area (Å²) in [5, 5.41) is 2.87. The normalized spacial score (nSPS) is 12.5. The largest absolute Gasteiger partial charge is 0.493 e. The summed E-state index contributed by atoms with van der Waals surface area (Å²) in [4.78, 5) is 26.1. The quantitative estimate of drug-likeness (QED) is 0.710. The van der Waals surface area contributed by atoms with E-state index in [1.54, 1.807) is 32.4 Å². The number of nitrogens with zero attached hydrogens (tertiary/aromatic N) is 1. The number of nitrogens with one attached hydrogen (secondary N) is 1. The molecular weight excluding hydrogens is 384 g/mol. The van der Waals surface area contributed by atoms with Crippen molar-refractivity contribution < 1.29 is 23.8 Å². The Bertz CT molecular complexity index is 937. The average Bonchev–Trinajstić information content (AvgIpc) is 2.77. The summed E-state index contributed by atoms with van der Waals surface area (Å²) in [5.74, 6) is 1.15. The first-order valence-electron chi connectivity index (χ1n) is 9.80. The number of amides is 2. The van der Waals surface area contributed by atoms with E-state index in [2.05, 4.69) is 5.32 Å². The van der Waals surface area contributed by atoms with Crippen LogP contribution in [0.25, 0.3) is 6.08 Å². The molecule has 1 N–H and O–H groups in total. The van der Waals surface area contributed by atoms with Crippen molar-refractivity contribution in [1.29, 1.82) is 0 Å². The first kappa shape index (κ1) is 21.2.